The smallest absolute Gasteiger partial charge is 0.235 e. The lowest BCUT2D eigenvalue weighted by Gasteiger charge is -2.13. The van der Waals surface area contributed by atoms with Crippen molar-refractivity contribution in [3.63, 3.8) is 0 Å². The Morgan fingerprint density at radius 2 is 2.20 bits per heavy atom. The van der Waals surface area contributed by atoms with Crippen molar-refractivity contribution < 1.29 is 4.79 Å². The molecule has 0 aromatic heterocycles. The molecule has 1 aliphatic heterocycles. The van der Waals surface area contributed by atoms with Crippen LogP contribution in [0.4, 0.5) is 5.69 Å². The van der Waals surface area contributed by atoms with Gasteiger partial charge in [0.25, 0.3) is 0 Å². The molecule has 1 aromatic carbocycles. The molecule has 76 valence electrons. The lowest BCUT2D eigenvalue weighted by Crippen LogP contribution is -2.17. The molecule has 0 fully saturated rings. The van der Waals surface area contributed by atoms with Gasteiger partial charge in [-0.3, -0.25) is 4.99 Å². The molecular formula is C11H11N3O. The normalized spacial score (nSPS) is 14.0. The second kappa shape index (κ2) is 4.53. The Kier molecular flexibility index (Phi) is 2.90. The third-order valence-corrected chi connectivity index (χ3v) is 2.29. The van der Waals surface area contributed by atoms with Crippen LogP contribution < -0.4 is 4.90 Å². The summed E-state index contributed by atoms with van der Waals surface area (Å²) in [5.74, 6) is 0. The maximum atomic E-state index is 9.94. The lowest BCUT2D eigenvalue weighted by atomic mass is 10.2. The molecule has 4 nitrogen and oxygen atoms in total. The zero-order valence-electron chi connectivity index (χ0n) is 8.26. The molecule has 0 saturated heterocycles. The number of rotatable bonds is 3. The summed E-state index contributed by atoms with van der Waals surface area (Å²) in [6, 6.07) is 7.94. The van der Waals surface area contributed by atoms with E-state index in [1.54, 1.807) is 0 Å². The Labute approximate surface area is 88.0 Å². The van der Waals surface area contributed by atoms with Crippen molar-refractivity contribution in [2.75, 3.05) is 18.0 Å². The summed E-state index contributed by atoms with van der Waals surface area (Å²) < 4.78 is 0. The highest BCUT2D eigenvalue weighted by Gasteiger charge is 2.06. The van der Waals surface area contributed by atoms with Crippen LogP contribution in [0, 0.1) is 0 Å². The van der Waals surface area contributed by atoms with Crippen molar-refractivity contribution >= 4 is 18.1 Å². The zero-order valence-corrected chi connectivity index (χ0v) is 8.26. The van der Waals surface area contributed by atoms with Gasteiger partial charge in [0.15, 0.2) is 0 Å². The largest absolute Gasteiger partial charge is 0.331 e. The minimum absolute atomic E-state index is 0.401. The van der Waals surface area contributed by atoms with Gasteiger partial charge in [-0.1, -0.05) is 12.1 Å². The van der Waals surface area contributed by atoms with Crippen LogP contribution in [-0.4, -0.2) is 25.5 Å². The monoisotopic (exact) mass is 201 g/mol. The van der Waals surface area contributed by atoms with Crippen LogP contribution in [0.25, 0.3) is 0 Å². The molecule has 1 aliphatic rings. The highest BCUT2D eigenvalue weighted by atomic mass is 16.1. The van der Waals surface area contributed by atoms with Crippen LogP contribution in [-0.2, 0) is 11.3 Å². The summed E-state index contributed by atoms with van der Waals surface area (Å²) in [6.07, 6.45) is 3.38. The predicted molar refractivity (Wildman–Crippen MR) is 59.0 cm³/mol. The molecule has 1 aromatic rings. The van der Waals surface area contributed by atoms with Crippen LogP contribution in [0.2, 0.25) is 0 Å². The van der Waals surface area contributed by atoms with E-state index in [0.717, 1.165) is 24.3 Å². The topological polar surface area (TPSA) is 45.0 Å². The van der Waals surface area contributed by atoms with Gasteiger partial charge in [-0.25, -0.2) is 9.79 Å². The Morgan fingerprint density at radius 1 is 1.40 bits per heavy atom. The van der Waals surface area contributed by atoms with E-state index in [-0.39, 0.29) is 0 Å². The molecule has 4 heteroatoms. The first-order chi connectivity index (χ1) is 7.40. The molecule has 0 bridgehead atoms. The molecule has 0 aliphatic carbocycles. The predicted octanol–water partition coefficient (Wildman–Crippen LogP) is 1.37. The number of anilines is 1. The molecule has 0 unspecified atom stereocenters. The molecule has 0 N–H and O–H groups in total. The molecule has 1 heterocycles. The van der Waals surface area contributed by atoms with Gasteiger partial charge >= 0.3 is 0 Å². The van der Waals surface area contributed by atoms with E-state index in [0.29, 0.717) is 6.54 Å². The second-order valence-electron chi connectivity index (χ2n) is 3.29. The molecular weight excluding hydrogens is 190 g/mol. The van der Waals surface area contributed by atoms with Gasteiger partial charge in [-0.2, -0.15) is 0 Å². The van der Waals surface area contributed by atoms with Gasteiger partial charge in [-0.05, 0) is 17.7 Å². The first-order valence-electron chi connectivity index (χ1n) is 4.79. The van der Waals surface area contributed by atoms with E-state index >= 15 is 0 Å². The van der Waals surface area contributed by atoms with Gasteiger partial charge in [0, 0.05) is 12.2 Å². The minimum atomic E-state index is 0.401. The number of hydrogen-bond acceptors (Lipinski definition) is 4. The number of hydrogen-bond donors (Lipinski definition) is 0. The van der Waals surface area contributed by atoms with Crippen LogP contribution in [0.15, 0.2) is 34.3 Å². The molecule has 0 amide bonds. The van der Waals surface area contributed by atoms with E-state index in [1.165, 1.54) is 6.08 Å². The fourth-order valence-corrected chi connectivity index (χ4v) is 1.49. The Morgan fingerprint density at radius 3 is 2.80 bits per heavy atom. The highest BCUT2D eigenvalue weighted by Crippen LogP contribution is 2.15. The average molecular weight is 201 g/mol. The summed E-state index contributed by atoms with van der Waals surface area (Å²) in [6.45, 7) is 2.20. The van der Waals surface area contributed by atoms with Crippen LogP contribution in [0.5, 0.6) is 0 Å². The summed E-state index contributed by atoms with van der Waals surface area (Å²) in [4.78, 5) is 19.7. The van der Waals surface area contributed by atoms with Gasteiger partial charge in [-0.15, -0.1) is 0 Å². The van der Waals surface area contributed by atoms with E-state index in [1.807, 2.05) is 30.6 Å². The van der Waals surface area contributed by atoms with Crippen molar-refractivity contribution in [3.8, 4) is 0 Å². The maximum absolute atomic E-state index is 9.94. The van der Waals surface area contributed by atoms with E-state index < -0.39 is 0 Å². The van der Waals surface area contributed by atoms with Gasteiger partial charge < -0.3 is 4.90 Å². The van der Waals surface area contributed by atoms with Crippen LogP contribution in [0.1, 0.15) is 5.56 Å². The van der Waals surface area contributed by atoms with E-state index in [2.05, 4.69) is 14.9 Å². The van der Waals surface area contributed by atoms with Crippen LogP contribution >= 0.6 is 0 Å². The Balaban J connectivity index is 2.09. The highest BCUT2D eigenvalue weighted by molar-refractivity contribution is 5.80. The molecule has 2 rings (SSSR count). The average Bonchev–Trinajstić information content (AvgIpc) is 2.80. The van der Waals surface area contributed by atoms with Crippen LogP contribution in [0.3, 0.4) is 0 Å². The maximum Gasteiger partial charge on any atom is 0.235 e. The molecule has 0 atom stereocenters. The van der Waals surface area contributed by atoms with Crippen molar-refractivity contribution in [3.05, 3.63) is 29.8 Å². The minimum Gasteiger partial charge on any atom is -0.331 e. The van der Waals surface area contributed by atoms with Crippen molar-refractivity contribution in [2.24, 2.45) is 9.98 Å². The Bertz CT molecular complexity index is 404. The van der Waals surface area contributed by atoms with Gasteiger partial charge in [0.1, 0.15) is 0 Å². The first-order valence-corrected chi connectivity index (χ1v) is 4.79. The zero-order chi connectivity index (χ0) is 10.5. The van der Waals surface area contributed by atoms with Crippen molar-refractivity contribution in [2.45, 2.75) is 6.54 Å². The van der Waals surface area contributed by atoms with Gasteiger partial charge in [0.05, 0.1) is 19.4 Å². The lowest BCUT2D eigenvalue weighted by molar-refractivity contribution is 0.563. The first kappa shape index (κ1) is 9.62. The van der Waals surface area contributed by atoms with E-state index in [9.17, 15) is 4.79 Å². The summed E-state index contributed by atoms with van der Waals surface area (Å²) in [5.41, 5.74) is 2.13. The van der Waals surface area contributed by atoms with Crippen molar-refractivity contribution in [1.82, 2.24) is 0 Å². The summed E-state index contributed by atoms with van der Waals surface area (Å²) in [7, 11) is 0. The number of nitrogens with zero attached hydrogens (tertiary/aromatic N) is 3. The van der Waals surface area contributed by atoms with E-state index in [4.69, 9.17) is 0 Å². The SMILES string of the molecule is O=C=NCc1ccc(N2C=NCC2)cc1. The number of carbonyl (C=O) groups excluding carboxylic acids is 1. The fourth-order valence-electron chi connectivity index (χ4n) is 1.49. The van der Waals surface area contributed by atoms with Crippen molar-refractivity contribution in [1.29, 1.82) is 0 Å². The quantitative estimate of drug-likeness (QED) is 0.547. The number of isocyanates is 1. The molecule has 0 radical (unpaired) electrons. The number of benzene rings is 1. The number of aliphatic imine (C=N–C) groups is 2. The third kappa shape index (κ3) is 2.30. The molecule has 15 heavy (non-hydrogen) atoms. The standard InChI is InChI=1S/C11H11N3O/c15-9-13-7-10-1-3-11(4-2-10)14-6-5-12-8-14/h1-4,8H,5-7H2. The summed E-state index contributed by atoms with van der Waals surface area (Å²) >= 11 is 0. The Hall–Kier alpha value is -1.93. The third-order valence-electron chi connectivity index (χ3n) is 2.29. The van der Waals surface area contributed by atoms with Gasteiger partial charge in [0.2, 0.25) is 6.08 Å². The fraction of sp³-hybridized carbons (Fsp3) is 0.273. The summed E-state index contributed by atoms with van der Waals surface area (Å²) in [5, 5.41) is 0. The second-order valence-corrected chi connectivity index (χ2v) is 3.29. The molecule has 0 saturated carbocycles. The molecule has 0 spiro atoms.